The molecule has 0 amide bonds. The number of carbonyl (C=O) groups excluding carboxylic acids is 3. The van der Waals surface area contributed by atoms with Crippen molar-refractivity contribution in [1.82, 2.24) is 10.6 Å². The summed E-state index contributed by atoms with van der Waals surface area (Å²) < 4.78 is 52.5. The van der Waals surface area contributed by atoms with Crippen molar-refractivity contribution in [3.05, 3.63) is 0 Å². The maximum atomic E-state index is 11.5. The van der Waals surface area contributed by atoms with Crippen LogP contribution in [0.4, 0.5) is 0 Å². The third-order valence-electron chi connectivity index (χ3n) is 9.64. The van der Waals surface area contributed by atoms with E-state index in [-0.39, 0.29) is 18.6 Å². The summed E-state index contributed by atoms with van der Waals surface area (Å²) in [5, 5.41) is 95.6. The minimum absolute atomic E-state index is 0. The number of rotatable bonds is 18. The molecule has 0 radical (unpaired) electrons. The number of methoxy groups -OCH3 is 4. The van der Waals surface area contributed by atoms with Crippen molar-refractivity contribution in [3.63, 3.8) is 0 Å². The molecule has 342 valence electrons. The van der Waals surface area contributed by atoms with Gasteiger partial charge in [-0.25, -0.2) is 9.59 Å². The molecular weight excluding hydrogens is 812 g/mol. The largest absolute Gasteiger partial charge is 0.479 e. The van der Waals surface area contributed by atoms with E-state index in [2.05, 4.69) is 10.6 Å². The summed E-state index contributed by atoms with van der Waals surface area (Å²) in [7, 11) is 4.84. The number of ether oxygens (including phenoxy) is 10. The molecule has 27 heteroatoms. The molecule has 4 heterocycles. The summed E-state index contributed by atoms with van der Waals surface area (Å²) in [4.78, 5) is 55.6. The summed E-state index contributed by atoms with van der Waals surface area (Å²) >= 11 is 0. The molecule has 20 unspecified atom stereocenters. The lowest BCUT2D eigenvalue weighted by molar-refractivity contribution is -0.340. The Labute approximate surface area is 335 Å². The van der Waals surface area contributed by atoms with Crippen LogP contribution in [0.5, 0.6) is 0 Å². The van der Waals surface area contributed by atoms with E-state index in [9.17, 15) is 69.9 Å². The van der Waals surface area contributed by atoms with Gasteiger partial charge in [-0.1, -0.05) is 0 Å². The fourth-order valence-corrected chi connectivity index (χ4v) is 6.71. The quantitative estimate of drug-likeness (QED) is 0.0570. The van der Waals surface area contributed by atoms with Gasteiger partial charge < -0.3 is 124 Å². The van der Waals surface area contributed by atoms with Gasteiger partial charge >= 0.3 is 11.9 Å². The zero-order valence-electron chi connectivity index (χ0n) is 32.0. The van der Waals surface area contributed by atoms with Crippen molar-refractivity contribution in [3.8, 4) is 0 Å². The summed E-state index contributed by atoms with van der Waals surface area (Å²) in [5.74, 6) is -2.93. The van der Waals surface area contributed by atoms with E-state index >= 15 is 0 Å². The van der Waals surface area contributed by atoms with E-state index in [1.54, 1.807) is 0 Å². The van der Waals surface area contributed by atoms with E-state index in [1.807, 2.05) is 0 Å². The maximum absolute atomic E-state index is 11.5. The van der Waals surface area contributed by atoms with E-state index in [0.717, 1.165) is 14.2 Å². The van der Waals surface area contributed by atoms with Crippen LogP contribution in [0.1, 0.15) is 0 Å². The number of aldehydes is 3. The van der Waals surface area contributed by atoms with Gasteiger partial charge in [-0.3, -0.25) is 0 Å². The van der Waals surface area contributed by atoms with Gasteiger partial charge in [-0.15, -0.1) is 0 Å². The lowest BCUT2D eigenvalue weighted by Gasteiger charge is -2.47. The standard InChI is InChI=1S/C16H27NO12.C16H25NO12.H2O/c2*1-25-12-9(21)10(22)16(29-13(12)14(23)24)28-11-7(17-3-4-18)15(26-2)27-6(5-19)8(11)20;/h4,6-13,15-17,19-22H,3,5H2,1-2H3,(H,23,24);4-13,15-17,20-22H,3H2,1-2H3,(H,23,24);1H2. The molecule has 20 atom stereocenters. The molecule has 4 aliphatic rings. The van der Waals surface area contributed by atoms with Gasteiger partial charge in [0.1, 0.15) is 85.8 Å². The van der Waals surface area contributed by atoms with Crippen LogP contribution in [0.2, 0.25) is 0 Å². The average Bonchev–Trinajstić information content (AvgIpc) is 3.21. The Kier molecular flexibility index (Phi) is 21.8. The first kappa shape index (κ1) is 52.3. The van der Waals surface area contributed by atoms with Crippen molar-refractivity contribution in [2.24, 2.45) is 0 Å². The first-order chi connectivity index (χ1) is 27.6. The minimum atomic E-state index is -1.74. The fraction of sp³-hybridized carbons (Fsp3) is 0.844. The Morgan fingerprint density at radius 2 is 0.966 bits per heavy atom. The molecule has 0 bridgehead atoms. The molecule has 4 aliphatic heterocycles. The number of hydrogen-bond donors (Lipinski definition) is 11. The van der Waals surface area contributed by atoms with E-state index in [1.165, 1.54) is 14.2 Å². The van der Waals surface area contributed by atoms with Crippen LogP contribution in [0.25, 0.3) is 0 Å². The van der Waals surface area contributed by atoms with Crippen molar-refractivity contribution < 1.29 is 123 Å². The zero-order valence-corrected chi connectivity index (χ0v) is 32.0. The molecule has 4 rings (SSSR count). The topological polar surface area (TPSA) is 415 Å². The highest BCUT2D eigenvalue weighted by atomic mass is 16.7. The zero-order chi connectivity index (χ0) is 43.4. The van der Waals surface area contributed by atoms with E-state index in [0.29, 0.717) is 18.9 Å². The lowest BCUT2D eigenvalue weighted by Crippen LogP contribution is -2.68. The number of aliphatic hydroxyl groups excluding tert-OH is 7. The summed E-state index contributed by atoms with van der Waals surface area (Å²) in [6.07, 6.45) is -25.2. The number of hydrogen-bond acceptors (Lipinski definition) is 24. The predicted octanol–water partition coefficient (Wildman–Crippen LogP) is -9.02. The van der Waals surface area contributed by atoms with Gasteiger partial charge in [0.25, 0.3) is 0 Å². The molecule has 27 nitrogen and oxygen atoms in total. The molecule has 0 spiro atoms. The highest BCUT2D eigenvalue weighted by Gasteiger charge is 2.55. The Morgan fingerprint density at radius 3 is 1.31 bits per heavy atom. The first-order valence-electron chi connectivity index (χ1n) is 17.6. The second-order valence-electron chi connectivity index (χ2n) is 13.1. The second-order valence-corrected chi connectivity index (χ2v) is 13.1. The SMILES string of the molecule is COC1OC(C=O)C(O)C(OC2OC(C(=O)O)C(OC)C(O)C2O)C1NCC=O.COC1OC(CO)C(O)C(OC2OC(C(=O)O)C(OC)C(O)C2O)C1NCC=O.O. The molecule has 4 saturated heterocycles. The Hall–Kier alpha value is -2.85. The van der Waals surface area contributed by atoms with Crippen LogP contribution in [0.3, 0.4) is 0 Å². The smallest absolute Gasteiger partial charge is 0.335 e. The number of aliphatic carboxylic acids is 2. The maximum Gasteiger partial charge on any atom is 0.335 e. The number of carbonyl (C=O) groups is 5. The van der Waals surface area contributed by atoms with Gasteiger partial charge in [-0.2, -0.15) is 0 Å². The Morgan fingerprint density at radius 1 is 0.559 bits per heavy atom. The van der Waals surface area contributed by atoms with E-state index < -0.39 is 141 Å². The third-order valence-corrected chi connectivity index (χ3v) is 9.64. The van der Waals surface area contributed by atoms with Crippen molar-refractivity contribution in [2.45, 2.75) is 123 Å². The summed E-state index contributed by atoms with van der Waals surface area (Å²) in [6, 6.07) is -1.97. The predicted molar refractivity (Wildman–Crippen MR) is 184 cm³/mol. The third kappa shape index (κ3) is 12.2. The highest BCUT2D eigenvalue weighted by Crippen LogP contribution is 2.32. The molecule has 0 aromatic heterocycles. The molecule has 0 aliphatic carbocycles. The van der Waals surface area contributed by atoms with Crippen LogP contribution < -0.4 is 10.6 Å². The van der Waals surface area contributed by atoms with Crippen LogP contribution in [0.15, 0.2) is 0 Å². The number of carboxylic acid groups (broad SMARTS) is 2. The fourth-order valence-electron chi connectivity index (χ4n) is 6.71. The highest BCUT2D eigenvalue weighted by molar-refractivity contribution is 5.74. The molecule has 59 heavy (non-hydrogen) atoms. The summed E-state index contributed by atoms with van der Waals surface area (Å²) in [6.45, 7) is -0.946. The average molecular weight is 867 g/mol. The monoisotopic (exact) mass is 866 g/mol. The van der Waals surface area contributed by atoms with Gasteiger partial charge in [0, 0.05) is 28.4 Å². The van der Waals surface area contributed by atoms with Crippen LogP contribution >= 0.6 is 0 Å². The van der Waals surface area contributed by atoms with Crippen LogP contribution in [0, 0.1) is 0 Å². The molecule has 0 saturated carbocycles. The second kappa shape index (κ2) is 24.6. The Balaban J connectivity index is 0.000000400. The normalized spacial score (nSPS) is 42.3. The van der Waals surface area contributed by atoms with Crippen molar-refractivity contribution in [2.75, 3.05) is 48.1 Å². The van der Waals surface area contributed by atoms with Crippen LogP contribution in [-0.4, -0.2) is 253 Å². The summed E-state index contributed by atoms with van der Waals surface area (Å²) in [5.41, 5.74) is 0. The van der Waals surface area contributed by atoms with Gasteiger partial charge in [0.15, 0.2) is 43.7 Å². The number of aliphatic hydroxyl groups is 7. The molecule has 13 N–H and O–H groups in total. The Bertz CT molecular complexity index is 1320. The number of carboxylic acids is 2. The van der Waals surface area contributed by atoms with E-state index in [4.69, 9.17) is 47.4 Å². The number of nitrogens with one attached hydrogen (secondary N) is 2. The molecule has 0 aromatic rings. The first-order valence-corrected chi connectivity index (χ1v) is 17.6. The van der Waals surface area contributed by atoms with Gasteiger partial charge in [0.05, 0.1) is 31.8 Å². The molecular formula is C32H54N2O25. The van der Waals surface area contributed by atoms with Gasteiger partial charge in [-0.05, 0) is 0 Å². The molecule has 4 fully saturated rings. The minimum Gasteiger partial charge on any atom is -0.479 e. The van der Waals surface area contributed by atoms with Crippen molar-refractivity contribution in [1.29, 1.82) is 0 Å². The van der Waals surface area contributed by atoms with Gasteiger partial charge in [0.2, 0.25) is 0 Å². The lowest BCUT2D eigenvalue weighted by atomic mass is 9.95. The van der Waals surface area contributed by atoms with Crippen LogP contribution in [-0.2, 0) is 71.3 Å². The van der Waals surface area contributed by atoms with Crippen molar-refractivity contribution >= 4 is 30.8 Å². The molecule has 0 aromatic carbocycles.